The van der Waals surface area contributed by atoms with Crippen molar-refractivity contribution in [2.24, 2.45) is 0 Å². The van der Waals surface area contributed by atoms with Crippen molar-refractivity contribution >= 4 is 0 Å². The van der Waals surface area contributed by atoms with Gasteiger partial charge in [0, 0.05) is 31.4 Å². The molecule has 0 saturated heterocycles. The van der Waals surface area contributed by atoms with E-state index in [1.165, 1.54) is 27.9 Å². The third-order valence-corrected chi connectivity index (χ3v) is 5.08. The molecule has 0 saturated carbocycles. The zero-order chi connectivity index (χ0) is 17.4. The van der Waals surface area contributed by atoms with Gasteiger partial charge in [-0.15, -0.1) is 0 Å². The highest BCUT2D eigenvalue weighted by molar-refractivity contribution is 5.63. The second kappa shape index (κ2) is 6.45. The first-order valence-electron chi connectivity index (χ1n) is 8.88. The number of aryl methyl sites for hydroxylation is 2. The van der Waals surface area contributed by atoms with Crippen LogP contribution in [0.4, 0.5) is 0 Å². The van der Waals surface area contributed by atoms with E-state index in [4.69, 9.17) is 5.10 Å². The van der Waals surface area contributed by atoms with Crippen molar-refractivity contribution in [1.82, 2.24) is 19.7 Å². The molecule has 2 aromatic heterocycles. The number of aromatic nitrogens is 3. The molecule has 3 aromatic rings. The van der Waals surface area contributed by atoms with Gasteiger partial charge in [-0.05, 0) is 38.0 Å². The van der Waals surface area contributed by atoms with Gasteiger partial charge in [0.2, 0.25) is 0 Å². The second-order valence-corrected chi connectivity index (χ2v) is 7.01. The van der Waals surface area contributed by atoms with E-state index < -0.39 is 0 Å². The zero-order valence-corrected chi connectivity index (χ0v) is 15.2. The van der Waals surface area contributed by atoms with Crippen LogP contribution in [0.25, 0.3) is 11.4 Å². The monoisotopic (exact) mass is 332 g/mol. The predicted octanol–water partition coefficient (Wildman–Crippen LogP) is 3.89. The molecule has 128 valence electrons. The van der Waals surface area contributed by atoms with Crippen molar-refractivity contribution in [3.8, 4) is 11.4 Å². The fourth-order valence-corrected chi connectivity index (χ4v) is 3.54. The summed E-state index contributed by atoms with van der Waals surface area (Å²) in [4.78, 5) is 7.06. The molecule has 4 nitrogen and oxygen atoms in total. The minimum absolute atomic E-state index is 0.938. The van der Waals surface area contributed by atoms with Crippen molar-refractivity contribution in [2.45, 2.75) is 40.4 Å². The average molecular weight is 332 g/mol. The highest BCUT2D eigenvalue weighted by Crippen LogP contribution is 2.28. The van der Waals surface area contributed by atoms with E-state index in [2.05, 4.69) is 65.7 Å². The smallest absolute Gasteiger partial charge is 0.114 e. The predicted molar refractivity (Wildman–Crippen MR) is 100 cm³/mol. The van der Waals surface area contributed by atoms with Crippen LogP contribution in [0.5, 0.6) is 0 Å². The normalized spacial score (nSPS) is 14.5. The van der Waals surface area contributed by atoms with Gasteiger partial charge in [-0.25, -0.2) is 0 Å². The van der Waals surface area contributed by atoms with Gasteiger partial charge < -0.3 is 0 Å². The number of rotatable bonds is 3. The lowest BCUT2D eigenvalue weighted by atomic mass is 10.1. The quantitative estimate of drug-likeness (QED) is 0.730. The van der Waals surface area contributed by atoms with Gasteiger partial charge >= 0.3 is 0 Å². The van der Waals surface area contributed by atoms with Gasteiger partial charge in [0.15, 0.2) is 0 Å². The molecule has 1 aliphatic heterocycles. The molecule has 0 amide bonds. The lowest BCUT2D eigenvalue weighted by Gasteiger charge is -2.28. The molecule has 0 atom stereocenters. The summed E-state index contributed by atoms with van der Waals surface area (Å²) in [6.07, 6.45) is 1.85. The van der Waals surface area contributed by atoms with Crippen molar-refractivity contribution in [1.29, 1.82) is 0 Å². The van der Waals surface area contributed by atoms with E-state index in [-0.39, 0.29) is 0 Å². The molecule has 1 aliphatic rings. The summed E-state index contributed by atoms with van der Waals surface area (Å²) in [5.41, 5.74) is 8.48. The van der Waals surface area contributed by atoms with Crippen LogP contribution < -0.4 is 0 Å². The molecule has 4 heteroatoms. The van der Waals surface area contributed by atoms with Crippen LogP contribution in [0.1, 0.15) is 27.9 Å². The minimum Gasteiger partial charge on any atom is -0.291 e. The highest BCUT2D eigenvalue weighted by Gasteiger charge is 2.23. The summed E-state index contributed by atoms with van der Waals surface area (Å²) in [6.45, 7) is 10.3. The Labute approximate surface area is 149 Å². The summed E-state index contributed by atoms with van der Waals surface area (Å²) in [7, 11) is 0. The second-order valence-electron chi connectivity index (χ2n) is 7.01. The molecule has 0 N–H and O–H groups in total. The maximum atomic E-state index is 4.86. The van der Waals surface area contributed by atoms with Crippen molar-refractivity contribution in [2.75, 3.05) is 6.54 Å². The van der Waals surface area contributed by atoms with Gasteiger partial charge in [-0.3, -0.25) is 14.6 Å². The van der Waals surface area contributed by atoms with Crippen molar-refractivity contribution in [3.63, 3.8) is 0 Å². The number of hydrogen-bond acceptors (Lipinski definition) is 3. The van der Waals surface area contributed by atoms with Crippen LogP contribution in [0.2, 0.25) is 0 Å². The van der Waals surface area contributed by atoms with Crippen LogP contribution in [0.15, 0.2) is 42.6 Å². The first kappa shape index (κ1) is 16.0. The van der Waals surface area contributed by atoms with E-state index in [0.29, 0.717) is 0 Å². The maximum Gasteiger partial charge on any atom is 0.114 e. The number of hydrogen-bond donors (Lipinski definition) is 0. The van der Waals surface area contributed by atoms with E-state index in [1.807, 2.05) is 12.3 Å². The molecule has 0 bridgehead atoms. The number of nitrogens with zero attached hydrogens (tertiary/aromatic N) is 4. The molecule has 4 rings (SSSR count). The molecule has 3 heterocycles. The van der Waals surface area contributed by atoms with E-state index in [9.17, 15) is 0 Å². The molecule has 0 aliphatic carbocycles. The molecule has 0 radical (unpaired) electrons. The Balaban J connectivity index is 1.59. The van der Waals surface area contributed by atoms with Crippen molar-refractivity contribution < 1.29 is 0 Å². The van der Waals surface area contributed by atoms with Crippen LogP contribution in [0, 0.1) is 20.8 Å². The summed E-state index contributed by atoms with van der Waals surface area (Å²) in [6, 6.07) is 12.9. The Hall–Kier alpha value is -2.46. The van der Waals surface area contributed by atoms with Crippen LogP contribution in [-0.2, 0) is 19.6 Å². The molecule has 1 aromatic carbocycles. The summed E-state index contributed by atoms with van der Waals surface area (Å²) in [5.74, 6) is 0. The first-order chi connectivity index (χ1) is 12.1. The fourth-order valence-electron chi connectivity index (χ4n) is 3.54. The van der Waals surface area contributed by atoms with E-state index in [0.717, 1.165) is 37.6 Å². The molecule has 0 spiro atoms. The first-order valence-corrected chi connectivity index (χ1v) is 8.88. The van der Waals surface area contributed by atoms with Crippen LogP contribution in [-0.4, -0.2) is 26.2 Å². The maximum absolute atomic E-state index is 4.86. The van der Waals surface area contributed by atoms with Gasteiger partial charge in [-0.1, -0.05) is 35.9 Å². The Kier molecular flexibility index (Phi) is 4.14. The van der Waals surface area contributed by atoms with E-state index in [1.54, 1.807) is 0 Å². The molecule has 0 fully saturated rings. The van der Waals surface area contributed by atoms with Gasteiger partial charge in [0.05, 0.1) is 17.9 Å². The Morgan fingerprint density at radius 2 is 1.76 bits per heavy atom. The topological polar surface area (TPSA) is 34.0 Å². The Morgan fingerprint density at radius 1 is 0.960 bits per heavy atom. The molecular formula is C21H24N4. The number of pyridine rings is 1. The summed E-state index contributed by atoms with van der Waals surface area (Å²) < 4.78 is 2.17. The SMILES string of the molecule is Cc1ccc(CN2CCn3nc(-c4ncccc4C)c(C)c3C2)cc1. The molecular weight excluding hydrogens is 308 g/mol. The van der Waals surface area contributed by atoms with Crippen LogP contribution in [0.3, 0.4) is 0 Å². The Bertz CT molecular complexity index is 893. The fraction of sp³-hybridized carbons (Fsp3) is 0.333. The molecule has 0 unspecified atom stereocenters. The lowest BCUT2D eigenvalue weighted by Crippen LogP contribution is -2.33. The van der Waals surface area contributed by atoms with E-state index >= 15 is 0 Å². The van der Waals surface area contributed by atoms with Gasteiger partial charge in [0.25, 0.3) is 0 Å². The largest absolute Gasteiger partial charge is 0.291 e. The number of fused-ring (bicyclic) bond motifs is 1. The number of benzene rings is 1. The zero-order valence-electron chi connectivity index (χ0n) is 15.2. The summed E-state index contributed by atoms with van der Waals surface area (Å²) >= 11 is 0. The summed E-state index contributed by atoms with van der Waals surface area (Å²) in [5, 5.41) is 4.86. The van der Waals surface area contributed by atoms with Crippen molar-refractivity contribution in [3.05, 3.63) is 70.5 Å². The third kappa shape index (κ3) is 3.10. The average Bonchev–Trinajstić information content (AvgIpc) is 2.94. The highest BCUT2D eigenvalue weighted by atomic mass is 15.3. The lowest BCUT2D eigenvalue weighted by molar-refractivity contribution is 0.204. The van der Waals surface area contributed by atoms with Gasteiger partial charge in [-0.2, -0.15) is 5.10 Å². The van der Waals surface area contributed by atoms with Gasteiger partial charge in [0.1, 0.15) is 5.69 Å². The standard InChI is InChI=1S/C21H24N4/c1-15-6-8-18(9-7-15)13-24-11-12-25-19(14-24)17(3)21(23-25)20-16(2)5-4-10-22-20/h4-10H,11-14H2,1-3H3. The third-order valence-electron chi connectivity index (χ3n) is 5.08. The van der Waals surface area contributed by atoms with Crippen LogP contribution >= 0.6 is 0 Å². The minimum atomic E-state index is 0.938. The Morgan fingerprint density at radius 3 is 2.52 bits per heavy atom. The molecule has 25 heavy (non-hydrogen) atoms.